The van der Waals surface area contributed by atoms with E-state index in [0.717, 1.165) is 24.8 Å². The summed E-state index contributed by atoms with van der Waals surface area (Å²) in [6, 6.07) is 6.96. The molecule has 0 radical (unpaired) electrons. The molecule has 2 N–H and O–H groups in total. The van der Waals surface area contributed by atoms with Gasteiger partial charge >= 0.3 is 12.0 Å². The molecule has 2 atom stereocenters. The number of halogens is 1. The molecule has 0 aliphatic heterocycles. The maximum Gasteiger partial charge on any atom is 0.315 e. The lowest BCUT2D eigenvalue weighted by Gasteiger charge is -2.59. The fourth-order valence-corrected chi connectivity index (χ4v) is 3.82. The van der Waals surface area contributed by atoms with Crippen molar-refractivity contribution in [2.24, 2.45) is 11.3 Å². The van der Waals surface area contributed by atoms with E-state index in [-0.39, 0.29) is 29.4 Å². The van der Waals surface area contributed by atoms with Gasteiger partial charge < -0.3 is 15.4 Å². The van der Waals surface area contributed by atoms with Crippen LogP contribution in [0.4, 0.5) is 4.79 Å². The molecule has 1 aromatic carbocycles. The summed E-state index contributed by atoms with van der Waals surface area (Å²) in [5, 5.41) is 6.48. The number of hydrogen-bond donors (Lipinski definition) is 2. The molecule has 2 amide bonds. The van der Waals surface area contributed by atoms with Gasteiger partial charge in [0.05, 0.1) is 13.0 Å². The summed E-state index contributed by atoms with van der Waals surface area (Å²) in [4.78, 5) is 24.0. The van der Waals surface area contributed by atoms with Crippen molar-refractivity contribution >= 4 is 23.6 Å². The molecule has 3 rings (SSSR count). The molecule has 2 saturated carbocycles. The number of hydrogen-bond acceptors (Lipinski definition) is 3. The minimum Gasteiger partial charge on any atom is -0.469 e. The van der Waals surface area contributed by atoms with Gasteiger partial charge in [-0.1, -0.05) is 30.2 Å². The average Bonchev–Trinajstić information content (AvgIpc) is 2.49. The highest BCUT2D eigenvalue weighted by molar-refractivity contribution is 6.30. The maximum atomic E-state index is 12.2. The van der Waals surface area contributed by atoms with Gasteiger partial charge in [0.2, 0.25) is 0 Å². The Labute approximate surface area is 140 Å². The van der Waals surface area contributed by atoms with E-state index in [0.29, 0.717) is 11.6 Å². The third kappa shape index (κ3) is 3.15. The number of carbonyl (C=O) groups excluding carboxylic acids is 2. The minimum atomic E-state index is -0.246. The molecule has 0 saturated heterocycles. The SMILES string of the molecule is COC(=O)C1CC2(CCC2)C1NC(=O)NCc1ccc(Cl)cc1. The fourth-order valence-electron chi connectivity index (χ4n) is 3.70. The Morgan fingerprint density at radius 3 is 2.57 bits per heavy atom. The predicted octanol–water partition coefficient (Wildman–Crippen LogP) is 2.87. The van der Waals surface area contributed by atoms with Crippen LogP contribution in [0.15, 0.2) is 24.3 Å². The number of esters is 1. The van der Waals surface area contributed by atoms with Crippen LogP contribution in [-0.2, 0) is 16.1 Å². The van der Waals surface area contributed by atoms with E-state index in [1.165, 1.54) is 13.5 Å². The van der Waals surface area contributed by atoms with Crippen molar-refractivity contribution < 1.29 is 14.3 Å². The van der Waals surface area contributed by atoms with E-state index in [1.807, 2.05) is 12.1 Å². The molecule has 2 fully saturated rings. The zero-order valence-electron chi connectivity index (χ0n) is 13.1. The number of urea groups is 1. The van der Waals surface area contributed by atoms with Gasteiger partial charge in [0.15, 0.2) is 0 Å². The van der Waals surface area contributed by atoms with Gasteiger partial charge in [-0.25, -0.2) is 4.79 Å². The number of rotatable bonds is 4. The zero-order chi connectivity index (χ0) is 16.4. The van der Waals surface area contributed by atoms with Crippen LogP contribution in [0.2, 0.25) is 5.02 Å². The van der Waals surface area contributed by atoms with Crippen molar-refractivity contribution in [2.45, 2.75) is 38.3 Å². The number of amides is 2. The molecule has 124 valence electrons. The van der Waals surface area contributed by atoms with Crippen LogP contribution in [0.3, 0.4) is 0 Å². The summed E-state index contributed by atoms with van der Waals surface area (Å²) in [5.74, 6) is -0.452. The van der Waals surface area contributed by atoms with Crippen LogP contribution in [0, 0.1) is 11.3 Å². The van der Waals surface area contributed by atoms with Crippen molar-refractivity contribution in [3.63, 3.8) is 0 Å². The van der Waals surface area contributed by atoms with Crippen molar-refractivity contribution in [2.75, 3.05) is 7.11 Å². The van der Waals surface area contributed by atoms with Crippen LogP contribution in [0.1, 0.15) is 31.2 Å². The lowest BCUT2D eigenvalue weighted by molar-refractivity contribution is -0.163. The molecule has 6 heteroatoms. The lowest BCUT2D eigenvalue weighted by Crippen LogP contribution is -2.67. The Bertz CT molecular complexity index is 598. The Kier molecular flexibility index (Phi) is 4.48. The van der Waals surface area contributed by atoms with E-state index in [4.69, 9.17) is 16.3 Å². The highest BCUT2D eigenvalue weighted by atomic mass is 35.5. The molecule has 2 aliphatic rings. The second-order valence-corrected chi connectivity index (χ2v) is 6.92. The number of ether oxygens (including phenoxy) is 1. The molecular formula is C17H21ClN2O3. The zero-order valence-corrected chi connectivity index (χ0v) is 13.9. The average molecular weight is 337 g/mol. The van der Waals surface area contributed by atoms with Crippen LogP contribution in [0.25, 0.3) is 0 Å². The molecule has 0 heterocycles. The van der Waals surface area contributed by atoms with E-state index in [9.17, 15) is 9.59 Å². The molecular weight excluding hydrogens is 316 g/mol. The largest absolute Gasteiger partial charge is 0.469 e. The number of nitrogens with one attached hydrogen (secondary N) is 2. The Morgan fingerprint density at radius 1 is 1.30 bits per heavy atom. The first-order valence-electron chi connectivity index (χ1n) is 7.91. The van der Waals surface area contributed by atoms with Gasteiger partial charge in [-0.15, -0.1) is 0 Å². The molecule has 0 aromatic heterocycles. The highest BCUT2D eigenvalue weighted by Crippen LogP contribution is 2.58. The standard InChI is InChI=1S/C17H21ClN2O3/c1-23-15(21)13-9-17(7-2-8-17)14(13)20-16(22)19-10-11-3-5-12(18)6-4-11/h3-6,13-14H,2,7-10H2,1H3,(H2,19,20,22). The Balaban J connectivity index is 1.55. The van der Waals surface area contributed by atoms with Gasteiger partial charge in [0.1, 0.15) is 0 Å². The van der Waals surface area contributed by atoms with Gasteiger partial charge in [0, 0.05) is 17.6 Å². The number of methoxy groups -OCH3 is 1. The predicted molar refractivity (Wildman–Crippen MR) is 87.0 cm³/mol. The molecule has 5 nitrogen and oxygen atoms in total. The Morgan fingerprint density at radius 2 is 2.00 bits per heavy atom. The van der Waals surface area contributed by atoms with Gasteiger partial charge in [-0.2, -0.15) is 0 Å². The smallest absolute Gasteiger partial charge is 0.315 e. The summed E-state index contributed by atoms with van der Waals surface area (Å²) < 4.78 is 4.85. The second-order valence-electron chi connectivity index (χ2n) is 6.48. The highest BCUT2D eigenvalue weighted by Gasteiger charge is 2.60. The van der Waals surface area contributed by atoms with Crippen LogP contribution >= 0.6 is 11.6 Å². The summed E-state index contributed by atoms with van der Waals surface area (Å²) >= 11 is 5.84. The molecule has 2 aliphatic carbocycles. The van der Waals surface area contributed by atoms with Crippen LogP contribution in [0.5, 0.6) is 0 Å². The monoisotopic (exact) mass is 336 g/mol. The topological polar surface area (TPSA) is 67.4 Å². The quantitative estimate of drug-likeness (QED) is 0.831. The number of carbonyl (C=O) groups is 2. The Hall–Kier alpha value is -1.75. The van der Waals surface area contributed by atoms with Crippen LogP contribution in [-0.4, -0.2) is 25.2 Å². The first-order chi connectivity index (χ1) is 11.0. The minimum absolute atomic E-state index is 0.108. The first-order valence-corrected chi connectivity index (χ1v) is 8.28. The first kappa shape index (κ1) is 16.1. The van der Waals surface area contributed by atoms with E-state index in [2.05, 4.69) is 10.6 Å². The van der Waals surface area contributed by atoms with E-state index < -0.39 is 0 Å². The molecule has 1 aromatic rings. The summed E-state index contributed by atoms with van der Waals surface area (Å²) in [6.45, 7) is 0.422. The summed E-state index contributed by atoms with van der Waals surface area (Å²) in [5.41, 5.74) is 1.08. The lowest BCUT2D eigenvalue weighted by atomic mass is 9.48. The molecule has 23 heavy (non-hydrogen) atoms. The third-order valence-electron chi connectivity index (χ3n) is 5.19. The molecule has 1 spiro atoms. The van der Waals surface area contributed by atoms with Gasteiger partial charge in [-0.05, 0) is 42.4 Å². The fraction of sp³-hybridized carbons (Fsp3) is 0.529. The second kappa shape index (κ2) is 6.40. The maximum absolute atomic E-state index is 12.2. The van der Waals surface area contributed by atoms with Crippen LogP contribution < -0.4 is 10.6 Å². The van der Waals surface area contributed by atoms with E-state index >= 15 is 0 Å². The summed E-state index contributed by atoms with van der Waals surface area (Å²) in [7, 11) is 1.39. The van der Waals surface area contributed by atoms with Crippen molar-refractivity contribution in [3.8, 4) is 0 Å². The van der Waals surface area contributed by atoms with Crippen molar-refractivity contribution in [3.05, 3.63) is 34.9 Å². The summed E-state index contributed by atoms with van der Waals surface area (Å²) in [6.07, 6.45) is 4.13. The third-order valence-corrected chi connectivity index (χ3v) is 5.45. The number of benzene rings is 1. The normalized spacial score (nSPS) is 24.3. The molecule has 0 bridgehead atoms. The molecule has 2 unspecified atom stereocenters. The van der Waals surface area contributed by atoms with Gasteiger partial charge in [-0.3, -0.25) is 4.79 Å². The van der Waals surface area contributed by atoms with Crippen molar-refractivity contribution in [1.82, 2.24) is 10.6 Å². The van der Waals surface area contributed by atoms with E-state index in [1.54, 1.807) is 12.1 Å². The van der Waals surface area contributed by atoms with Crippen molar-refractivity contribution in [1.29, 1.82) is 0 Å². The van der Waals surface area contributed by atoms with Gasteiger partial charge in [0.25, 0.3) is 0 Å².